The molecule has 1 aliphatic heterocycles. The SMILES string of the molecule is C1=CC2c3c4ccccc4n4c5ccc(N(c6ccc(-c7cccc8c7C=CCC8)cc6)c6ccc(-c7cccc8ccccc78)cc6)cc5n(c34)C2C=C1. The van der Waals surface area contributed by atoms with E-state index >= 15 is 0 Å². The molecule has 0 amide bonds. The normalized spacial score (nSPS) is 16.7. The van der Waals surface area contributed by atoms with Crippen molar-refractivity contribution in [2.24, 2.45) is 0 Å². The van der Waals surface area contributed by atoms with Gasteiger partial charge in [0.1, 0.15) is 5.65 Å². The number of para-hydroxylation sites is 1. The summed E-state index contributed by atoms with van der Waals surface area (Å²) in [5, 5.41) is 3.88. The van der Waals surface area contributed by atoms with Crippen molar-refractivity contribution in [3.05, 3.63) is 199 Å². The molecule has 0 spiro atoms. The number of benzene rings is 7. The summed E-state index contributed by atoms with van der Waals surface area (Å²) in [5.74, 6) is 0.326. The molecule has 9 aromatic rings. The van der Waals surface area contributed by atoms with Crippen LogP contribution in [0.5, 0.6) is 0 Å². The zero-order valence-electron chi connectivity index (χ0n) is 30.3. The highest BCUT2D eigenvalue weighted by Crippen LogP contribution is 2.51. The Morgan fingerprint density at radius 2 is 1.24 bits per heavy atom. The van der Waals surface area contributed by atoms with Crippen LogP contribution in [0.2, 0.25) is 0 Å². The molecule has 2 aliphatic carbocycles. The standard InChI is InChI=1S/C52H37N3/c1-3-15-41-34(11-1)13-9-19-43(41)36-23-27-38(28-24-36)53(39-29-25-37(26-30-39)44-20-10-14-35-12-2-4-16-42(35)44)40-31-32-49-50(33-40)55-48-22-8-6-18-46(48)51-45-17-5-7-21-47(45)54(49)52(51)55/h1,3-11,13-33,46,48H,2,12H2. The quantitative estimate of drug-likeness (QED) is 0.174. The Bertz CT molecular complexity index is 3090. The summed E-state index contributed by atoms with van der Waals surface area (Å²) in [6.45, 7) is 0. The van der Waals surface area contributed by atoms with Crippen LogP contribution < -0.4 is 4.90 Å². The fraction of sp³-hybridized carbons (Fsp3) is 0.0769. The molecule has 0 fully saturated rings. The van der Waals surface area contributed by atoms with E-state index in [4.69, 9.17) is 0 Å². The summed E-state index contributed by atoms with van der Waals surface area (Å²) in [5.41, 5.74) is 17.7. The number of hydrogen-bond acceptors (Lipinski definition) is 1. The van der Waals surface area contributed by atoms with E-state index < -0.39 is 0 Å². The summed E-state index contributed by atoms with van der Waals surface area (Å²) >= 11 is 0. The topological polar surface area (TPSA) is 12.6 Å². The van der Waals surface area contributed by atoms with Gasteiger partial charge in [-0.25, -0.2) is 0 Å². The lowest BCUT2D eigenvalue weighted by Crippen LogP contribution is -2.11. The van der Waals surface area contributed by atoms with Gasteiger partial charge in [-0.05, 0) is 106 Å². The minimum atomic E-state index is 0.251. The number of allylic oxidation sites excluding steroid dienone is 5. The van der Waals surface area contributed by atoms with Crippen molar-refractivity contribution in [1.82, 2.24) is 8.97 Å². The average Bonchev–Trinajstić information content (AvgIpc) is 3.89. The van der Waals surface area contributed by atoms with Crippen LogP contribution in [0.15, 0.2) is 182 Å². The van der Waals surface area contributed by atoms with E-state index in [1.54, 1.807) is 0 Å². The van der Waals surface area contributed by atoms with Crippen molar-refractivity contribution < 1.29 is 0 Å². The van der Waals surface area contributed by atoms with Crippen LogP contribution in [0.3, 0.4) is 0 Å². The number of fused-ring (bicyclic) bond motifs is 11. The maximum absolute atomic E-state index is 2.59. The molecular weight excluding hydrogens is 667 g/mol. The van der Waals surface area contributed by atoms with E-state index in [2.05, 4.69) is 202 Å². The van der Waals surface area contributed by atoms with E-state index in [1.165, 1.54) is 77.3 Å². The summed E-state index contributed by atoms with van der Waals surface area (Å²) in [7, 11) is 0. The Morgan fingerprint density at radius 3 is 2.09 bits per heavy atom. The first-order valence-corrected chi connectivity index (χ1v) is 19.5. The van der Waals surface area contributed by atoms with Gasteiger partial charge < -0.3 is 9.47 Å². The minimum Gasteiger partial charge on any atom is -0.317 e. The summed E-state index contributed by atoms with van der Waals surface area (Å²) in [6.07, 6.45) is 16.0. The highest BCUT2D eigenvalue weighted by molar-refractivity contribution is 6.02. The van der Waals surface area contributed by atoms with Crippen molar-refractivity contribution in [1.29, 1.82) is 0 Å². The van der Waals surface area contributed by atoms with Crippen LogP contribution in [-0.2, 0) is 6.42 Å². The highest BCUT2D eigenvalue weighted by atomic mass is 15.2. The van der Waals surface area contributed by atoms with E-state index in [0.717, 1.165) is 29.9 Å². The number of aryl methyl sites for hydroxylation is 1. The van der Waals surface area contributed by atoms with E-state index in [0.29, 0.717) is 5.92 Å². The third-order valence-corrected chi connectivity index (χ3v) is 12.3. The predicted octanol–water partition coefficient (Wildman–Crippen LogP) is 13.7. The van der Waals surface area contributed by atoms with Crippen LogP contribution in [0, 0.1) is 0 Å². The Kier molecular flexibility index (Phi) is 6.58. The van der Waals surface area contributed by atoms with Gasteiger partial charge in [0.25, 0.3) is 0 Å². The van der Waals surface area contributed by atoms with Gasteiger partial charge in [0.15, 0.2) is 0 Å². The molecule has 3 heteroatoms. The zero-order chi connectivity index (χ0) is 36.0. The first-order valence-electron chi connectivity index (χ1n) is 19.5. The van der Waals surface area contributed by atoms with Crippen LogP contribution >= 0.6 is 0 Å². The number of aromatic nitrogens is 2. The Morgan fingerprint density at radius 1 is 0.545 bits per heavy atom. The van der Waals surface area contributed by atoms with Crippen LogP contribution in [-0.4, -0.2) is 8.97 Å². The molecule has 0 radical (unpaired) electrons. The van der Waals surface area contributed by atoms with Gasteiger partial charge in [-0.2, -0.15) is 0 Å². The first-order chi connectivity index (χ1) is 27.3. The molecule has 12 rings (SSSR count). The van der Waals surface area contributed by atoms with Gasteiger partial charge in [0.2, 0.25) is 0 Å². The minimum absolute atomic E-state index is 0.251. The second-order valence-corrected chi connectivity index (χ2v) is 15.2. The van der Waals surface area contributed by atoms with Crippen LogP contribution in [0.4, 0.5) is 17.1 Å². The van der Waals surface area contributed by atoms with Gasteiger partial charge >= 0.3 is 0 Å². The van der Waals surface area contributed by atoms with Crippen molar-refractivity contribution in [3.63, 3.8) is 0 Å². The molecule has 2 atom stereocenters. The molecule has 0 saturated carbocycles. The fourth-order valence-corrected chi connectivity index (χ4v) is 9.84. The Balaban J connectivity index is 1.03. The molecule has 260 valence electrons. The first kappa shape index (κ1) is 30.6. The average molecular weight is 704 g/mol. The number of nitrogens with zero attached hydrogens (tertiary/aromatic N) is 3. The maximum atomic E-state index is 2.59. The molecular formula is C52H37N3. The van der Waals surface area contributed by atoms with Crippen molar-refractivity contribution >= 4 is 61.5 Å². The number of anilines is 3. The summed E-state index contributed by atoms with van der Waals surface area (Å²) in [6, 6.07) is 56.5. The summed E-state index contributed by atoms with van der Waals surface area (Å²) < 4.78 is 5.09. The predicted molar refractivity (Wildman–Crippen MR) is 231 cm³/mol. The number of hydrogen-bond donors (Lipinski definition) is 0. The molecule has 7 aromatic carbocycles. The third-order valence-electron chi connectivity index (χ3n) is 12.3. The largest absolute Gasteiger partial charge is 0.317 e. The zero-order valence-corrected chi connectivity index (χ0v) is 30.3. The van der Waals surface area contributed by atoms with Gasteiger partial charge in [-0.15, -0.1) is 0 Å². The maximum Gasteiger partial charge on any atom is 0.123 e. The fourth-order valence-electron chi connectivity index (χ4n) is 9.84. The smallest absolute Gasteiger partial charge is 0.123 e. The Hall–Kier alpha value is -6.84. The van der Waals surface area contributed by atoms with Crippen LogP contribution in [0.1, 0.15) is 35.1 Å². The highest BCUT2D eigenvalue weighted by Gasteiger charge is 2.38. The lowest BCUT2D eigenvalue weighted by molar-refractivity contribution is 0.615. The number of rotatable bonds is 5. The Labute approximate surface area is 320 Å². The summed E-state index contributed by atoms with van der Waals surface area (Å²) in [4.78, 5) is 2.42. The molecule has 2 aromatic heterocycles. The molecule has 3 nitrogen and oxygen atoms in total. The van der Waals surface area contributed by atoms with Gasteiger partial charge in [0.05, 0.1) is 22.6 Å². The molecule has 3 heterocycles. The second kappa shape index (κ2) is 11.8. The van der Waals surface area contributed by atoms with E-state index in [1.807, 2.05) is 0 Å². The third kappa shape index (κ3) is 4.50. The molecule has 3 aliphatic rings. The number of imidazole rings is 1. The second-order valence-electron chi connectivity index (χ2n) is 15.2. The lowest BCUT2D eigenvalue weighted by atomic mass is 9.90. The molecule has 0 bridgehead atoms. The van der Waals surface area contributed by atoms with Crippen molar-refractivity contribution in [2.45, 2.75) is 24.8 Å². The van der Waals surface area contributed by atoms with E-state index in [9.17, 15) is 0 Å². The monoisotopic (exact) mass is 703 g/mol. The molecule has 0 saturated heterocycles. The van der Waals surface area contributed by atoms with Crippen LogP contribution in [0.25, 0.3) is 66.7 Å². The van der Waals surface area contributed by atoms with Gasteiger partial charge in [0, 0.05) is 33.9 Å². The molecule has 2 unspecified atom stereocenters. The molecule has 0 N–H and O–H groups in total. The molecule has 55 heavy (non-hydrogen) atoms. The van der Waals surface area contributed by atoms with Crippen molar-refractivity contribution in [2.75, 3.05) is 4.90 Å². The van der Waals surface area contributed by atoms with Gasteiger partial charge in [-0.1, -0.05) is 140 Å². The van der Waals surface area contributed by atoms with Crippen molar-refractivity contribution in [3.8, 4) is 22.3 Å². The van der Waals surface area contributed by atoms with E-state index in [-0.39, 0.29) is 6.04 Å². The van der Waals surface area contributed by atoms with Gasteiger partial charge in [-0.3, -0.25) is 4.40 Å². The lowest BCUT2D eigenvalue weighted by Gasteiger charge is -2.27.